The smallest absolute Gasteiger partial charge is 0.251 e. The summed E-state index contributed by atoms with van der Waals surface area (Å²) in [4.78, 5) is 15.5. The van der Waals surface area contributed by atoms with Crippen molar-refractivity contribution in [3.63, 3.8) is 0 Å². The Labute approximate surface area is 118 Å². The van der Waals surface area contributed by atoms with Crippen LogP contribution in [-0.4, -0.2) is 30.1 Å². The standard InChI is InChI=1S/C16H20N2O2/c1-10-11(2)18-15-6-5-12(8-14(10)15)16(19)17-9-13-4-3-7-20-13/h5-6,8,13,18H,3-4,7,9H2,1-2H3,(H,17,19)/t13-/m1/s1. The average Bonchev–Trinajstić information content (AvgIpc) is 3.06. The first-order valence-corrected chi connectivity index (χ1v) is 7.14. The molecule has 2 N–H and O–H groups in total. The Morgan fingerprint density at radius 2 is 2.30 bits per heavy atom. The predicted molar refractivity (Wildman–Crippen MR) is 79.1 cm³/mol. The van der Waals surface area contributed by atoms with Crippen molar-refractivity contribution in [2.75, 3.05) is 13.2 Å². The number of H-pyrrole nitrogens is 1. The van der Waals surface area contributed by atoms with E-state index in [0.717, 1.165) is 36.0 Å². The quantitative estimate of drug-likeness (QED) is 0.902. The summed E-state index contributed by atoms with van der Waals surface area (Å²) >= 11 is 0. The highest BCUT2D eigenvalue weighted by molar-refractivity contribution is 5.99. The number of aromatic nitrogens is 1. The molecule has 4 nitrogen and oxygen atoms in total. The van der Waals surface area contributed by atoms with Gasteiger partial charge < -0.3 is 15.0 Å². The summed E-state index contributed by atoms with van der Waals surface area (Å²) in [7, 11) is 0. The van der Waals surface area contributed by atoms with Gasteiger partial charge in [-0.2, -0.15) is 0 Å². The Morgan fingerprint density at radius 1 is 1.45 bits per heavy atom. The number of fused-ring (bicyclic) bond motifs is 1. The monoisotopic (exact) mass is 272 g/mol. The molecular formula is C16H20N2O2. The van der Waals surface area contributed by atoms with Gasteiger partial charge in [-0.25, -0.2) is 0 Å². The summed E-state index contributed by atoms with van der Waals surface area (Å²) in [6.45, 7) is 5.53. The summed E-state index contributed by atoms with van der Waals surface area (Å²) in [5.74, 6) is -0.0272. The van der Waals surface area contributed by atoms with E-state index in [2.05, 4.69) is 17.2 Å². The molecule has 2 heterocycles. The van der Waals surface area contributed by atoms with Crippen LogP contribution >= 0.6 is 0 Å². The SMILES string of the molecule is Cc1[nH]c2ccc(C(=O)NC[C@H]3CCCO3)cc2c1C. The normalized spacial score (nSPS) is 18.6. The lowest BCUT2D eigenvalue weighted by atomic mass is 10.1. The molecule has 4 heteroatoms. The average molecular weight is 272 g/mol. The third kappa shape index (κ3) is 2.43. The van der Waals surface area contributed by atoms with Crippen molar-refractivity contribution in [3.8, 4) is 0 Å². The summed E-state index contributed by atoms with van der Waals surface area (Å²) in [6, 6.07) is 5.79. The maximum atomic E-state index is 12.2. The molecule has 0 unspecified atom stereocenters. The number of benzene rings is 1. The summed E-state index contributed by atoms with van der Waals surface area (Å²) < 4.78 is 5.51. The third-order valence-electron chi connectivity index (χ3n) is 4.08. The van der Waals surface area contributed by atoms with Crippen molar-refractivity contribution in [3.05, 3.63) is 35.0 Å². The zero-order valence-electron chi connectivity index (χ0n) is 12.0. The molecule has 1 aliphatic heterocycles. The van der Waals surface area contributed by atoms with Gasteiger partial charge in [0.1, 0.15) is 0 Å². The van der Waals surface area contributed by atoms with Crippen LogP contribution in [0.1, 0.15) is 34.5 Å². The van der Waals surface area contributed by atoms with Crippen LogP contribution in [-0.2, 0) is 4.74 Å². The minimum absolute atomic E-state index is 0.0272. The highest BCUT2D eigenvalue weighted by Crippen LogP contribution is 2.22. The number of carbonyl (C=O) groups excluding carboxylic acids is 1. The largest absolute Gasteiger partial charge is 0.376 e. The van der Waals surface area contributed by atoms with Crippen LogP contribution in [0.4, 0.5) is 0 Å². The molecule has 1 amide bonds. The van der Waals surface area contributed by atoms with Crippen molar-refractivity contribution in [1.29, 1.82) is 0 Å². The molecule has 0 aliphatic carbocycles. The molecule has 106 valence electrons. The number of hydrogen-bond acceptors (Lipinski definition) is 2. The Morgan fingerprint density at radius 3 is 3.05 bits per heavy atom. The van der Waals surface area contributed by atoms with Crippen LogP contribution in [0.15, 0.2) is 18.2 Å². The van der Waals surface area contributed by atoms with Crippen molar-refractivity contribution in [2.45, 2.75) is 32.8 Å². The Balaban J connectivity index is 1.75. The van der Waals surface area contributed by atoms with Gasteiger partial charge in [0.15, 0.2) is 0 Å². The van der Waals surface area contributed by atoms with E-state index in [9.17, 15) is 4.79 Å². The van der Waals surface area contributed by atoms with Gasteiger partial charge in [-0.15, -0.1) is 0 Å². The first-order chi connectivity index (χ1) is 9.65. The van der Waals surface area contributed by atoms with E-state index in [-0.39, 0.29) is 12.0 Å². The molecule has 1 atom stereocenters. The highest BCUT2D eigenvalue weighted by Gasteiger charge is 2.17. The number of aromatic amines is 1. The molecule has 1 fully saturated rings. The molecule has 20 heavy (non-hydrogen) atoms. The molecule has 0 saturated carbocycles. The van der Waals surface area contributed by atoms with E-state index < -0.39 is 0 Å². The fourth-order valence-corrected chi connectivity index (χ4v) is 2.72. The molecular weight excluding hydrogens is 252 g/mol. The van der Waals surface area contributed by atoms with Crippen LogP contribution in [0, 0.1) is 13.8 Å². The number of aryl methyl sites for hydroxylation is 2. The Kier molecular flexibility index (Phi) is 3.49. The maximum absolute atomic E-state index is 12.2. The Hall–Kier alpha value is -1.81. The van der Waals surface area contributed by atoms with Gasteiger partial charge in [0.25, 0.3) is 5.91 Å². The Bertz CT molecular complexity index is 639. The highest BCUT2D eigenvalue weighted by atomic mass is 16.5. The van der Waals surface area contributed by atoms with Crippen molar-refractivity contribution in [2.24, 2.45) is 0 Å². The molecule has 1 saturated heterocycles. The number of hydrogen-bond donors (Lipinski definition) is 2. The van der Waals surface area contributed by atoms with Gasteiger partial charge in [0, 0.05) is 35.3 Å². The third-order valence-corrected chi connectivity index (χ3v) is 4.08. The lowest BCUT2D eigenvalue weighted by molar-refractivity contribution is 0.0858. The molecule has 1 aromatic heterocycles. The second kappa shape index (κ2) is 5.29. The number of amides is 1. The van der Waals surface area contributed by atoms with Gasteiger partial charge in [-0.1, -0.05) is 0 Å². The van der Waals surface area contributed by atoms with E-state index in [1.807, 2.05) is 25.1 Å². The van der Waals surface area contributed by atoms with E-state index in [4.69, 9.17) is 4.74 Å². The predicted octanol–water partition coefficient (Wildman–Crippen LogP) is 2.69. The molecule has 1 aromatic carbocycles. The van der Waals surface area contributed by atoms with E-state index in [1.165, 1.54) is 5.56 Å². The van der Waals surface area contributed by atoms with Gasteiger partial charge in [-0.3, -0.25) is 4.79 Å². The zero-order valence-corrected chi connectivity index (χ0v) is 12.0. The molecule has 0 bridgehead atoms. The van der Waals surface area contributed by atoms with Crippen LogP contribution in [0.25, 0.3) is 10.9 Å². The number of nitrogens with one attached hydrogen (secondary N) is 2. The van der Waals surface area contributed by atoms with E-state index in [1.54, 1.807) is 0 Å². The minimum atomic E-state index is -0.0272. The maximum Gasteiger partial charge on any atom is 0.251 e. The second-order valence-electron chi connectivity index (χ2n) is 5.48. The lowest BCUT2D eigenvalue weighted by Crippen LogP contribution is -2.31. The fourth-order valence-electron chi connectivity index (χ4n) is 2.72. The molecule has 0 spiro atoms. The van der Waals surface area contributed by atoms with Gasteiger partial charge in [0.05, 0.1) is 6.10 Å². The van der Waals surface area contributed by atoms with Gasteiger partial charge in [0.2, 0.25) is 0 Å². The fraction of sp³-hybridized carbons (Fsp3) is 0.438. The van der Waals surface area contributed by atoms with E-state index in [0.29, 0.717) is 12.1 Å². The lowest BCUT2D eigenvalue weighted by Gasteiger charge is -2.10. The summed E-state index contributed by atoms with van der Waals surface area (Å²) in [5, 5.41) is 4.08. The van der Waals surface area contributed by atoms with Crippen LogP contribution in [0.3, 0.4) is 0 Å². The van der Waals surface area contributed by atoms with Crippen LogP contribution < -0.4 is 5.32 Å². The summed E-state index contributed by atoms with van der Waals surface area (Å²) in [6.07, 6.45) is 2.31. The van der Waals surface area contributed by atoms with Crippen LogP contribution in [0.2, 0.25) is 0 Å². The van der Waals surface area contributed by atoms with Crippen LogP contribution in [0.5, 0.6) is 0 Å². The topological polar surface area (TPSA) is 54.1 Å². The van der Waals surface area contributed by atoms with Crippen molar-refractivity contribution >= 4 is 16.8 Å². The number of ether oxygens (including phenoxy) is 1. The number of carbonyl (C=O) groups is 1. The first kappa shape index (κ1) is 13.2. The second-order valence-corrected chi connectivity index (χ2v) is 5.48. The zero-order chi connectivity index (χ0) is 14.1. The molecule has 3 rings (SSSR count). The summed E-state index contributed by atoms with van der Waals surface area (Å²) in [5.41, 5.74) is 4.14. The van der Waals surface area contributed by atoms with Gasteiger partial charge >= 0.3 is 0 Å². The van der Waals surface area contributed by atoms with Gasteiger partial charge in [-0.05, 0) is 50.5 Å². The van der Waals surface area contributed by atoms with Crippen molar-refractivity contribution in [1.82, 2.24) is 10.3 Å². The van der Waals surface area contributed by atoms with E-state index >= 15 is 0 Å². The molecule has 0 radical (unpaired) electrons. The number of rotatable bonds is 3. The van der Waals surface area contributed by atoms with Crippen molar-refractivity contribution < 1.29 is 9.53 Å². The minimum Gasteiger partial charge on any atom is -0.376 e. The first-order valence-electron chi connectivity index (χ1n) is 7.14. The molecule has 1 aliphatic rings. The molecule has 2 aromatic rings.